The maximum atomic E-state index is 6.06. The maximum Gasteiger partial charge on any atom is 0.123 e. The first-order valence-corrected chi connectivity index (χ1v) is 7.15. The average Bonchev–Trinajstić information content (AvgIpc) is 2.98. The topological polar surface area (TPSA) is 21.3 Å². The SMILES string of the molecule is CC(C)NCC1(CC2Cc3ccccc3O2)CC1. The van der Waals surface area contributed by atoms with Crippen molar-refractivity contribution in [3.63, 3.8) is 0 Å². The molecule has 1 aliphatic heterocycles. The second-order valence-corrected chi connectivity index (χ2v) is 6.29. The molecular weight excluding hydrogens is 222 g/mol. The highest BCUT2D eigenvalue weighted by Gasteiger charge is 2.45. The zero-order valence-electron chi connectivity index (χ0n) is 11.4. The fourth-order valence-electron chi connectivity index (χ4n) is 2.90. The van der Waals surface area contributed by atoms with Crippen LogP contribution in [0.1, 0.15) is 38.7 Å². The molecule has 1 aromatic carbocycles. The van der Waals surface area contributed by atoms with Gasteiger partial charge in [0.25, 0.3) is 0 Å². The Labute approximate surface area is 110 Å². The molecule has 1 aliphatic carbocycles. The highest BCUT2D eigenvalue weighted by molar-refractivity contribution is 5.37. The summed E-state index contributed by atoms with van der Waals surface area (Å²) in [6.07, 6.45) is 5.44. The Balaban J connectivity index is 1.56. The van der Waals surface area contributed by atoms with Crippen LogP contribution in [0.15, 0.2) is 24.3 Å². The molecule has 0 spiro atoms. The van der Waals surface area contributed by atoms with Crippen LogP contribution >= 0.6 is 0 Å². The molecular formula is C16H23NO. The summed E-state index contributed by atoms with van der Waals surface area (Å²) in [5.74, 6) is 1.11. The number of hydrogen-bond acceptors (Lipinski definition) is 2. The Morgan fingerprint density at radius 2 is 2.11 bits per heavy atom. The van der Waals surface area contributed by atoms with Crippen molar-refractivity contribution < 1.29 is 4.74 Å². The molecule has 3 rings (SSSR count). The minimum absolute atomic E-state index is 0.402. The van der Waals surface area contributed by atoms with Gasteiger partial charge in [0.1, 0.15) is 11.9 Å². The third-order valence-corrected chi connectivity index (χ3v) is 4.22. The Kier molecular flexibility index (Phi) is 3.06. The van der Waals surface area contributed by atoms with Gasteiger partial charge in [-0.1, -0.05) is 32.0 Å². The van der Waals surface area contributed by atoms with Gasteiger partial charge in [0.05, 0.1) is 0 Å². The highest BCUT2D eigenvalue weighted by Crippen LogP contribution is 2.50. The van der Waals surface area contributed by atoms with Crippen molar-refractivity contribution in [2.75, 3.05) is 6.54 Å². The highest BCUT2D eigenvalue weighted by atomic mass is 16.5. The first kappa shape index (κ1) is 12.0. The Morgan fingerprint density at radius 1 is 1.33 bits per heavy atom. The van der Waals surface area contributed by atoms with Gasteiger partial charge in [0.2, 0.25) is 0 Å². The van der Waals surface area contributed by atoms with Gasteiger partial charge < -0.3 is 10.1 Å². The molecule has 1 aromatic rings. The lowest BCUT2D eigenvalue weighted by Crippen LogP contribution is -2.32. The Morgan fingerprint density at radius 3 is 2.78 bits per heavy atom. The average molecular weight is 245 g/mol. The van der Waals surface area contributed by atoms with E-state index < -0.39 is 0 Å². The molecule has 1 heterocycles. The van der Waals surface area contributed by atoms with E-state index in [1.165, 1.54) is 24.8 Å². The van der Waals surface area contributed by atoms with Crippen LogP contribution in [0.25, 0.3) is 0 Å². The van der Waals surface area contributed by atoms with E-state index in [1.807, 2.05) is 0 Å². The lowest BCUT2D eigenvalue weighted by atomic mass is 9.95. The lowest BCUT2D eigenvalue weighted by Gasteiger charge is -2.21. The molecule has 2 aliphatic rings. The van der Waals surface area contributed by atoms with Crippen LogP contribution in [-0.4, -0.2) is 18.7 Å². The maximum absolute atomic E-state index is 6.06. The number of rotatable bonds is 5. The summed E-state index contributed by atoms with van der Waals surface area (Å²) in [5.41, 5.74) is 1.91. The lowest BCUT2D eigenvalue weighted by molar-refractivity contribution is 0.183. The molecule has 0 bridgehead atoms. The minimum Gasteiger partial charge on any atom is -0.490 e. The molecule has 18 heavy (non-hydrogen) atoms. The van der Waals surface area contributed by atoms with Crippen molar-refractivity contribution in [2.24, 2.45) is 5.41 Å². The van der Waals surface area contributed by atoms with E-state index in [0.29, 0.717) is 17.6 Å². The molecule has 1 saturated carbocycles. The predicted molar refractivity (Wildman–Crippen MR) is 74.0 cm³/mol. The third kappa shape index (κ3) is 2.54. The van der Waals surface area contributed by atoms with E-state index in [-0.39, 0.29) is 0 Å². The minimum atomic E-state index is 0.402. The second-order valence-electron chi connectivity index (χ2n) is 6.29. The molecule has 98 valence electrons. The summed E-state index contributed by atoms with van der Waals surface area (Å²) < 4.78 is 6.06. The van der Waals surface area contributed by atoms with Crippen LogP contribution in [0.2, 0.25) is 0 Å². The van der Waals surface area contributed by atoms with E-state index >= 15 is 0 Å². The monoisotopic (exact) mass is 245 g/mol. The molecule has 2 heteroatoms. The van der Waals surface area contributed by atoms with Gasteiger partial charge in [-0.15, -0.1) is 0 Å². The normalized spacial score (nSPS) is 23.8. The zero-order chi connectivity index (χ0) is 12.6. The fourth-order valence-corrected chi connectivity index (χ4v) is 2.90. The fraction of sp³-hybridized carbons (Fsp3) is 0.625. The molecule has 1 atom stereocenters. The van der Waals surface area contributed by atoms with Crippen molar-refractivity contribution >= 4 is 0 Å². The number of hydrogen-bond donors (Lipinski definition) is 1. The molecule has 1 unspecified atom stereocenters. The molecule has 0 saturated heterocycles. The molecule has 0 radical (unpaired) electrons. The first-order valence-electron chi connectivity index (χ1n) is 7.15. The van der Waals surface area contributed by atoms with Crippen LogP contribution in [-0.2, 0) is 6.42 Å². The standard InChI is InChI=1S/C16H23NO/c1-12(2)17-11-16(7-8-16)10-14-9-13-5-3-4-6-15(13)18-14/h3-6,12,14,17H,7-11H2,1-2H3. The van der Waals surface area contributed by atoms with E-state index in [4.69, 9.17) is 4.74 Å². The van der Waals surface area contributed by atoms with Crippen molar-refractivity contribution in [3.05, 3.63) is 29.8 Å². The van der Waals surface area contributed by atoms with Crippen LogP contribution in [0, 0.1) is 5.41 Å². The van der Waals surface area contributed by atoms with Gasteiger partial charge >= 0.3 is 0 Å². The molecule has 0 amide bonds. The largest absolute Gasteiger partial charge is 0.490 e. The van der Waals surface area contributed by atoms with Gasteiger partial charge in [-0.2, -0.15) is 0 Å². The van der Waals surface area contributed by atoms with Crippen molar-refractivity contribution in [3.8, 4) is 5.75 Å². The number of nitrogens with one attached hydrogen (secondary N) is 1. The predicted octanol–water partition coefficient (Wildman–Crippen LogP) is 3.16. The molecule has 2 nitrogen and oxygen atoms in total. The number of ether oxygens (including phenoxy) is 1. The summed E-state index contributed by atoms with van der Waals surface area (Å²) in [6, 6.07) is 9.05. The van der Waals surface area contributed by atoms with Crippen LogP contribution in [0.3, 0.4) is 0 Å². The van der Waals surface area contributed by atoms with Crippen molar-refractivity contribution in [1.82, 2.24) is 5.32 Å². The number of para-hydroxylation sites is 1. The summed E-state index contributed by atoms with van der Waals surface area (Å²) >= 11 is 0. The zero-order valence-corrected chi connectivity index (χ0v) is 11.4. The quantitative estimate of drug-likeness (QED) is 0.860. The summed E-state index contributed by atoms with van der Waals surface area (Å²) in [6.45, 7) is 5.59. The summed E-state index contributed by atoms with van der Waals surface area (Å²) in [5, 5.41) is 3.59. The van der Waals surface area contributed by atoms with Crippen LogP contribution in [0.5, 0.6) is 5.75 Å². The summed E-state index contributed by atoms with van der Waals surface area (Å²) in [4.78, 5) is 0. The second kappa shape index (κ2) is 4.58. The van der Waals surface area contributed by atoms with E-state index in [9.17, 15) is 0 Å². The van der Waals surface area contributed by atoms with Gasteiger partial charge in [-0.3, -0.25) is 0 Å². The summed E-state index contributed by atoms with van der Waals surface area (Å²) in [7, 11) is 0. The van der Waals surface area contributed by atoms with E-state index in [1.54, 1.807) is 0 Å². The van der Waals surface area contributed by atoms with Gasteiger partial charge in [0.15, 0.2) is 0 Å². The van der Waals surface area contributed by atoms with Crippen LogP contribution < -0.4 is 10.1 Å². The van der Waals surface area contributed by atoms with Gasteiger partial charge in [0, 0.05) is 19.0 Å². The first-order chi connectivity index (χ1) is 8.67. The van der Waals surface area contributed by atoms with Gasteiger partial charge in [-0.25, -0.2) is 0 Å². The Hall–Kier alpha value is -1.02. The van der Waals surface area contributed by atoms with Crippen molar-refractivity contribution in [1.29, 1.82) is 0 Å². The van der Waals surface area contributed by atoms with Gasteiger partial charge in [-0.05, 0) is 36.3 Å². The molecule has 1 N–H and O–H groups in total. The van der Waals surface area contributed by atoms with Crippen LogP contribution in [0.4, 0.5) is 0 Å². The molecule has 0 aromatic heterocycles. The molecule has 1 fully saturated rings. The van der Waals surface area contributed by atoms with Crippen molar-refractivity contribution in [2.45, 2.75) is 51.7 Å². The smallest absolute Gasteiger partial charge is 0.123 e. The van der Waals surface area contributed by atoms with E-state index in [2.05, 4.69) is 43.4 Å². The third-order valence-electron chi connectivity index (χ3n) is 4.22. The number of benzene rings is 1. The number of fused-ring (bicyclic) bond motifs is 1. The Bertz CT molecular complexity index is 398. The van der Waals surface area contributed by atoms with E-state index in [0.717, 1.165) is 18.7 Å².